The van der Waals surface area contributed by atoms with E-state index in [1.165, 1.54) is 11.1 Å². The molecule has 2 N–H and O–H groups in total. The van der Waals surface area contributed by atoms with Gasteiger partial charge >= 0.3 is 0 Å². The standard InChI is InChI=1S/C20H17N5/c1-2-5-14-13(4-1)7-8-17(14)24-18-9-11-22-20(25-18)16-12-23-19-15(16)6-3-10-21-19/h1-6,9-12,17H,7-8H2,(H,21,23)(H,22,24,25)/t17-/m1/s1. The highest BCUT2D eigenvalue weighted by molar-refractivity contribution is 5.91. The summed E-state index contributed by atoms with van der Waals surface area (Å²) in [6.07, 6.45) is 7.71. The second-order valence-corrected chi connectivity index (χ2v) is 6.30. The van der Waals surface area contributed by atoms with Crippen molar-refractivity contribution in [1.29, 1.82) is 0 Å². The molecular weight excluding hydrogens is 310 g/mol. The van der Waals surface area contributed by atoms with Gasteiger partial charge < -0.3 is 10.3 Å². The number of hydrogen-bond acceptors (Lipinski definition) is 4. The maximum Gasteiger partial charge on any atom is 0.163 e. The molecule has 0 saturated carbocycles. The number of anilines is 1. The fourth-order valence-corrected chi connectivity index (χ4v) is 3.60. The van der Waals surface area contributed by atoms with Gasteiger partial charge in [0.2, 0.25) is 0 Å². The van der Waals surface area contributed by atoms with Gasteiger partial charge in [-0.3, -0.25) is 0 Å². The van der Waals surface area contributed by atoms with E-state index in [9.17, 15) is 0 Å². The maximum atomic E-state index is 4.73. The van der Waals surface area contributed by atoms with E-state index < -0.39 is 0 Å². The molecule has 25 heavy (non-hydrogen) atoms. The van der Waals surface area contributed by atoms with E-state index in [1.54, 1.807) is 12.4 Å². The zero-order chi connectivity index (χ0) is 16.6. The van der Waals surface area contributed by atoms with Crippen molar-refractivity contribution in [2.45, 2.75) is 18.9 Å². The first-order chi connectivity index (χ1) is 12.4. The van der Waals surface area contributed by atoms with Crippen molar-refractivity contribution in [3.63, 3.8) is 0 Å². The van der Waals surface area contributed by atoms with Crippen molar-refractivity contribution in [1.82, 2.24) is 19.9 Å². The lowest BCUT2D eigenvalue weighted by atomic mass is 10.1. The Kier molecular flexibility index (Phi) is 3.23. The Labute approximate surface area is 145 Å². The van der Waals surface area contributed by atoms with E-state index in [0.29, 0.717) is 11.9 Å². The fraction of sp³-hybridized carbons (Fsp3) is 0.150. The number of H-pyrrole nitrogens is 1. The van der Waals surface area contributed by atoms with Crippen LogP contribution in [-0.2, 0) is 6.42 Å². The minimum absolute atomic E-state index is 0.309. The lowest BCUT2D eigenvalue weighted by molar-refractivity contribution is 0.757. The first-order valence-electron chi connectivity index (χ1n) is 8.48. The zero-order valence-corrected chi connectivity index (χ0v) is 13.6. The van der Waals surface area contributed by atoms with Crippen molar-refractivity contribution >= 4 is 16.9 Å². The van der Waals surface area contributed by atoms with Gasteiger partial charge in [0.1, 0.15) is 11.5 Å². The Morgan fingerprint density at radius 3 is 2.96 bits per heavy atom. The first-order valence-corrected chi connectivity index (χ1v) is 8.48. The summed E-state index contributed by atoms with van der Waals surface area (Å²) in [7, 11) is 0. The summed E-state index contributed by atoms with van der Waals surface area (Å²) in [4.78, 5) is 16.7. The Bertz CT molecular complexity index is 1050. The Balaban J connectivity index is 1.48. The molecule has 122 valence electrons. The number of nitrogens with zero attached hydrogens (tertiary/aromatic N) is 3. The molecule has 3 aromatic heterocycles. The number of aryl methyl sites for hydroxylation is 1. The number of pyridine rings is 1. The SMILES string of the molecule is c1ccc2c(c1)CC[C@H]2Nc1ccnc(-c2c[nH]c3ncccc23)n1. The molecule has 0 amide bonds. The second-order valence-electron chi connectivity index (χ2n) is 6.30. The molecule has 4 aromatic rings. The Morgan fingerprint density at radius 1 is 1.00 bits per heavy atom. The monoisotopic (exact) mass is 327 g/mol. The number of nitrogens with one attached hydrogen (secondary N) is 2. The van der Waals surface area contributed by atoms with Gasteiger partial charge in [-0.1, -0.05) is 24.3 Å². The molecule has 3 heterocycles. The minimum atomic E-state index is 0.309. The van der Waals surface area contributed by atoms with Gasteiger partial charge in [0.15, 0.2) is 5.82 Å². The van der Waals surface area contributed by atoms with Gasteiger partial charge in [0.05, 0.1) is 6.04 Å². The zero-order valence-electron chi connectivity index (χ0n) is 13.6. The molecule has 1 aliphatic carbocycles. The van der Waals surface area contributed by atoms with Crippen molar-refractivity contribution in [3.8, 4) is 11.4 Å². The van der Waals surface area contributed by atoms with E-state index >= 15 is 0 Å². The number of fused-ring (bicyclic) bond motifs is 2. The van der Waals surface area contributed by atoms with Crippen LogP contribution in [0.3, 0.4) is 0 Å². The van der Waals surface area contributed by atoms with E-state index in [2.05, 4.69) is 44.5 Å². The number of aromatic amines is 1. The van der Waals surface area contributed by atoms with Crippen LogP contribution < -0.4 is 5.32 Å². The van der Waals surface area contributed by atoms with Crippen LogP contribution in [0.2, 0.25) is 0 Å². The van der Waals surface area contributed by atoms with Gasteiger partial charge in [0, 0.05) is 29.5 Å². The number of benzene rings is 1. The average molecular weight is 327 g/mol. The molecule has 0 saturated heterocycles. The smallest absolute Gasteiger partial charge is 0.163 e. The summed E-state index contributed by atoms with van der Waals surface area (Å²) in [6, 6.07) is 14.8. The van der Waals surface area contributed by atoms with Gasteiger partial charge in [0.25, 0.3) is 0 Å². The highest BCUT2D eigenvalue weighted by atomic mass is 15.1. The average Bonchev–Trinajstić information content (AvgIpc) is 3.27. The maximum absolute atomic E-state index is 4.73. The minimum Gasteiger partial charge on any atom is -0.363 e. The third-order valence-corrected chi connectivity index (χ3v) is 4.80. The highest BCUT2D eigenvalue weighted by Gasteiger charge is 2.22. The predicted molar refractivity (Wildman–Crippen MR) is 98.2 cm³/mol. The molecule has 0 fully saturated rings. The third-order valence-electron chi connectivity index (χ3n) is 4.80. The second kappa shape index (κ2) is 5.70. The van der Waals surface area contributed by atoms with Crippen molar-refractivity contribution in [2.24, 2.45) is 0 Å². The van der Waals surface area contributed by atoms with Crippen LogP contribution in [0.5, 0.6) is 0 Å². The summed E-state index contributed by atoms with van der Waals surface area (Å²) in [5.74, 6) is 1.56. The quantitative estimate of drug-likeness (QED) is 0.594. The lowest BCUT2D eigenvalue weighted by Gasteiger charge is -2.15. The van der Waals surface area contributed by atoms with E-state index in [1.807, 2.05) is 24.4 Å². The lowest BCUT2D eigenvalue weighted by Crippen LogP contribution is -2.09. The van der Waals surface area contributed by atoms with E-state index in [4.69, 9.17) is 4.98 Å². The topological polar surface area (TPSA) is 66.5 Å². The number of rotatable bonds is 3. The molecule has 5 heteroatoms. The Hall–Kier alpha value is -3.21. The first kappa shape index (κ1) is 14.2. The largest absolute Gasteiger partial charge is 0.363 e. The van der Waals surface area contributed by atoms with Gasteiger partial charge in [-0.15, -0.1) is 0 Å². The van der Waals surface area contributed by atoms with E-state index in [0.717, 1.165) is 35.3 Å². The van der Waals surface area contributed by atoms with Gasteiger partial charge in [-0.05, 0) is 42.2 Å². The molecule has 0 aliphatic heterocycles. The van der Waals surface area contributed by atoms with Crippen LogP contribution in [0.1, 0.15) is 23.6 Å². The summed E-state index contributed by atoms with van der Waals surface area (Å²) in [5.41, 5.74) is 4.62. The predicted octanol–water partition coefficient (Wildman–Crippen LogP) is 4.12. The number of aromatic nitrogens is 4. The summed E-state index contributed by atoms with van der Waals surface area (Å²) < 4.78 is 0. The number of hydrogen-bond donors (Lipinski definition) is 2. The molecule has 0 radical (unpaired) electrons. The van der Waals surface area contributed by atoms with Crippen molar-refractivity contribution < 1.29 is 0 Å². The summed E-state index contributed by atoms with van der Waals surface area (Å²) >= 11 is 0. The highest BCUT2D eigenvalue weighted by Crippen LogP contribution is 2.33. The van der Waals surface area contributed by atoms with Crippen LogP contribution in [0.25, 0.3) is 22.4 Å². The molecule has 0 bridgehead atoms. The molecule has 0 unspecified atom stereocenters. The molecule has 1 atom stereocenters. The normalized spacial score (nSPS) is 16.1. The van der Waals surface area contributed by atoms with Crippen LogP contribution in [0.15, 0.2) is 61.1 Å². The molecule has 1 aliphatic rings. The van der Waals surface area contributed by atoms with Crippen molar-refractivity contribution in [3.05, 3.63) is 72.2 Å². The third kappa shape index (κ3) is 2.45. The summed E-state index contributed by atoms with van der Waals surface area (Å²) in [5, 5.41) is 4.60. The van der Waals surface area contributed by atoms with E-state index in [-0.39, 0.29) is 0 Å². The van der Waals surface area contributed by atoms with Crippen molar-refractivity contribution in [2.75, 3.05) is 5.32 Å². The van der Waals surface area contributed by atoms with Crippen LogP contribution >= 0.6 is 0 Å². The molecule has 0 spiro atoms. The molecular formula is C20H17N5. The molecule has 1 aromatic carbocycles. The summed E-state index contributed by atoms with van der Waals surface area (Å²) in [6.45, 7) is 0. The fourth-order valence-electron chi connectivity index (χ4n) is 3.60. The van der Waals surface area contributed by atoms with Crippen LogP contribution in [0, 0.1) is 0 Å². The molecule has 5 rings (SSSR count). The Morgan fingerprint density at radius 2 is 1.96 bits per heavy atom. The van der Waals surface area contributed by atoms with Gasteiger partial charge in [-0.2, -0.15) is 0 Å². The van der Waals surface area contributed by atoms with Crippen LogP contribution in [-0.4, -0.2) is 19.9 Å². The molecule has 5 nitrogen and oxygen atoms in total. The van der Waals surface area contributed by atoms with Crippen LogP contribution in [0.4, 0.5) is 5.82 Å². The van der Waals surface area contributed by atoms with Gasteiger partial charge in [-0.25, -0.2) is 15.0 Å².